The van der Waals surface area contributed by atoms with Gasteiger partial charge in [0.25, 0.3) is 0 Å². The van der Waals surface area contributed by atoms with E-state index in [1.165, 1.54) is 5.56 Å². The summed E-state index contributed by atoms with van der Waals surface area (Å²) in [6, 6.07) is 5.84. The van der Waals surface area contributed by atoms with Crippen LogP contribution < -0.4 is 0 Å². The Kier molecular flexibility index (Phi) is 3.90. The minimum atomic E-state index is 0.260. The Bertz CT molecular complexity index is 434. The molecule has 3 heteroatoms. The molecule has 0 saturated carbocycles. The predicted octanol–water partition coefficient (Wildman–Crippen LogP) is 2.82. The molecular weight excluding hydrogens is 226 g/mol. The second kappa shape index (κ2) is 5.42. The number of likely N-dealkylation sites (tertiary alicyclic amines) is 1. The molecule has 1 amide bonds. The standard InChI is InChI=1S/C15H21NO2/c1-3-15(18)16-8-6-12(7-9-16)13-4-5-14(17)11(2)10-13/h4-5,10,12,17H,3,6-9H2,1-2H3. The molecular formula is C15H21NO2. The van der Waals surface area contributed by atoms with E-state index in [9.17, 15) is 9.90 Å². The number of hydrogen-bond donors (Lipinski definition) is 1. The van der Waals surface area contributed by atoms with Crippen molar-refractivity contribution in [2.24, 2.45) is 0 Å². The molecule has 0 unspecified atom stereocenters. The van der Waals surface area contributed by atoms with Crippen molar-refractivity contribution in [1.82, 2.24) is 4.90 Å². The molecule has 0 aromatic heterocycles. The SMILES string of the molecule is CCC(=O)N1CCC(c2ccc(O)c(C)c2)CC1. The fourth-order valence-electron chi connectivity index (χ4n) is 2.62. The first kappa shape index (κ1) is 12.9. The lowest BCUT2D eigenvalue weighted by atomic mass is 9.88. The average molecular weight is 247 g/mol. The van der Waals surface area contributed by atoms with E-state index in [0.29, 0.717) is 18.1 Å². The van der Waals surface area contributed by atoms with E-state index in [1.807, 2.05) is 24.8 Å². The Morgan fingerprint density at radius 3 is 2.61 bits per heavy atom. The van der Waals surface area contributed by atoms with E-state index in [0.717, 1.165) is 31.5 Å². The van der Waals surface area contributed by atoms with Gasteiger partial charge in [0.05, 0.1) is 0 Å². The number of phenols is 1. The van der Waals surface area contributed by atoms with Gasteiger partial charge in [-0.1, -0.05) is 19.1 Å². The Balaban J connectivity index is 2.01. The molecule has 1 aliphatic rings. The number of aryl methyl sites for hydroxylation is 1. The number of carbonyl (C=O) groups is 1. The zero-order valence-electron chi connectivity index (χ0n) is 11.1. The van der Waals surface area contributed by atoms with Crippen molar-refractivity contribution in [3.05, 3.63) is 29.3 Å². The van der Waals surface area contributed by atoms with Crippen molar-refractivity contribution in [1.29, 1.82) is 0 Å². The lowest BCUT2D eigenvalue weighted by Crippen LogP contribution is -2.37. The maximum atomic E-state index is 11.6. The molecule has 1 heterocycles. The van der Waals surface area contributed by atoms with Crippen LogP contribution in [0.25, 0.3) is 0 Å². The largest absolute Gasteiger partial charge is 0.508 e. The van der Waals surface area contributed by atoms with Gasteiger partial charge < -0.3 is 10.0 Å². The summed E-state index contributed by atoms with van der Waals surface area (Å²) in [6.45, 7) is 5.56. The third kappa shape index (κ3) is 2.66. The number of amides is 1. The second-order valence-electron chi connectivity index (χ2n) is 5.05. The van der Waals surface area contributed by atoms with Gasteiger partial charge in [-0.3, -0.25) is 4.79 Å². The lowest BCUT2D eigenvalue weighted by Gasteiger charge is -2.32. The van der Waals surface area contributed by atoms with Crippen molar-refractivity contribution >= 4 is 5.91 Å². The Morgan fingerprint density at radius 1 is 1.39 bits per heavy atom. The van der Waals surface area contributed by atoms with E-state index in [1.54, 1.807) is 6.07 Å². The van der Waals surface area contributed by atoms with Crippen LogP contribution in [0.15, 0.2) is 18.2 Å². The molecule has 3 nitrogen and oxygen atoms in total. The maximum absolute atomic E-state index is 11.6. The van der Waals surface area contributed by atoms with E-state index in [4.69, 9.17) is 0 Å². The van der Waals surface area contributed by atoms with Crippen LogP contribution in [0.1, 0.15) is 43.2 Å². The lowest BCUT2D eigenvalue weighted by molar-refractivity contribution is -0.131. The highest BCUT2D eigenvalue weighted by molar-refractivity contribution is 5.75. The fourth-order valence-corrected chi connectivity index (χ4v) is 2.62. The number of phenolic OH excluding ortho intramolecular Hbond substituents is 1. The normalized spacial score (nSPS) is 16.9. The Morgan fingerprint density at radius 2 is 2.06 bits per heavy atom. The van der Waals surface area contributed by atoms with Crippen LogP contribution in [0.5, 0.6) is 5.75 Å². The van der Waals surface area contributed by atoms with Gasteiger partial charge in [0.2, 0.25) is 5.91 Å². The fraction of sp³-hybridized carbons (Fsp3) is 0.533. The van der Waals surface area contributed by atoms with Crippen LogP contribution in [0, 0.1) is 6.92 Å². The van der Waals surface area contributed by atoms with Crippen LogP contribution in [0.3, 0.4) is 0 Å². The third-order valence-electron chi connectivity index (χ3n) is 3.84. The topological polar surface area (TPSA) is 40.5 Å². The zero-order chi connectivity index (χ0) is 13.1. The first-order valence-corrected chi connectivity index (χ1v) is 6.69. The number of hydrogen-bond acceptors (Lipinski definition) is 2. The highest BCUT2D eigenvalue weighted by atomic mass is 16.3. The summed E-state index contributed by atoms with van der Waals surface area (Å²) in [5, 5.41) is 9.54. The molecule has 1 aliphatic heterocycles. The summed E-state index contributed by atoms with van der Waals surface area (Å²) in [5.41, 5.74) is 2.22. The van der Waals surface area contributed by atoms with Gasteiger partial charge >= 0.3 is 0 Å². The number of carbonyl (C=O) groups excluding carboxylic acids is 1. The van der Waals surface area contributed by atoms with Crippen molar-refractivity contribution in [2.45, 2.75) is 39.0 Å². The van der Waals surface area contributed by atoms with Crippen molar-refractivity contribution in [3.8, 4) is 5.75 Å². The van der Waals surface area contributed by atoms with Crippen LogP contribution in [-0.4, -0.2) is 29.0 Å². The van der Waals surface area contributed by atoms with Gasteiger partial charge in [-0.05, 0) is 42.9 Å². The molecule has 18 heavy (non-hydrogen) atoms. The van der Waals surface area contributed by atoms with Gasteiger partial charge in [0.15, 0.2) is 0 Å². The molecule has 98 valence electrons. The molecule has 1 aromatic rings. The first-order valence-electron chi connectivity index (χ1n) is 6.69. The maximum Gasteiger partial charge on any atom is 0.222 e. The molecule has 1 aromatic carbocycles. The van der Waals surface area contributed by atoms with Crippen LogP contribution >= 0.6 is 0 Å². The van der Waals surface area contributed by atoms with E-state index in [-0.39, 0.29) is 5.91 Å². The molecule has 0 spiro atoms. The van der Waals surface area contributed by atoms with Crippen LogP contribution in [0.4, 0.5) is 0 Å². The van der Waals surface area contributed by atoms with E-state index >= 15 is 0 Å². The summed E-state index contributed by atoms with van der Waals surface area (Å²) in [4.78, 5) is 13.6. The molecule has 1 N–H and O–H groups in total. The smallest absolute Gasteiger partial charge is 0.222 e. The summed E-state index contributed by atoms with van der Waals surface area (Å²) < 4.78 is 0. The van der Waals surface area contributed by atoms with Crippen LogP contribution in [0.2, 0.25) is 0 Å². The number of aromatic hydroxyl groups is 1. The summed E-state index contributed by atoms with van der Waals surface area (Å²) in [6.07, 6.45) is 2.65. The van der Waals surface area contributed by atoms with Crippen molar-refractivity contribution in [3.63, 3.8) is 0 Å². The van der Waals surface area contributed by atoms with E-state index < -0.39 is 0 Å². The van der Waals surface area contributed by atoms with Crippen LogP contribution in [-0.2, 0) is 4.79 Å². The first-order chi connectivity index (χ1) is 8.61. The summed E-state index contributed by atoms with van der Waals surface area (Å²) in [5.74, 6) is 1.14. The van der Waals surface area contributed by atoms with Crippen molar-refractivity contribution in [2.75, 3.05) is 13.1 Å². The second-order valence-corrected chi connectivity index (χ2v) is 5.05. The molecule has 1 fully saturated rings. The number of nitrogens with zero attached hydrogens (tertiary/aromatic N) is 1. The van der Waals surface area contributed by atoms with Gasteiger partial charge in [-0.15, -0.1) is 0 Å². The van der Waals surface area contributed by atoms with Gasteiger partial charge in [-0.25, -0.2) is 0 Å². The zero-order valence-corrected chi connectivity index (χ0v) is 11.1. The van der Waals surface area contributed by atoms with Gasteiger partial charge in [-0.2, -0.15) is 0 Å². The van der Waals surface area contributed by atoms with Gasteiger partial charge in [0.1, 0.15) is 5.75 Å². The summed E-state index contributed by atoms with van der Waals surface area (Å²) >= 11 is 0. The molecule has 0 atom stereocenters. The minimum Gasteiger partial charge on any atom is -0.508 e. The number of piperidine rings is 1. The average Bonchev–Trinajstić information content (AvgIpc) is 2.41. The predicted molar refractivity (Wildman–Crippen MR) is 71.7 cm³/mol. The Hall–Kier alpha value is -1.51. The molecule has 0 aliphatic carbocycles. The molecule has 0 bridgehead atoms. The highest BCUT2D eigenvalue weighted by Crippen LogP contribution is 2.30. The molecule has 0 radical (unpaired) electrons. The van der Waals surface area contributed by atoms with Gasteiger partial charge in [0, 0.05) is 19.5 Å². The van der Waals surface area contributed by atoms with Crippen molar-refractivity contribution < 1.29 is 9.90 Å². The molecule has 2 rings (SSSR count). The quantitative estimate of drug-likeness (QED) is 0.873. The number of rotatable bonds is 2. The minimum absolute atomic E-state index is 0.260. The molecule has 1 saturated heterocycles. The Labute approximate surface area is 108 Å². The number of benzene rings is 1. The highest BCUT2D eigenvalue weighted by Gasteiger charge is 2.23. The monoisotopic (exact) mass is 247 g/mol. The third-order valence-corrected chi connectivity index (χ3v) is 3.84. The van der Waals surface area contributed by atoms with E-state index in [2.05, 4.69) is 6.07 Å². The summed E-state index contributed by atoms with van der Waals surface area (Å²) in [7, 11) is 0.